The fraction of sp³-hybridized carbons (Fsp3) is 0.231. The van der Waals surface area contributed by atoms with Gasteiger partial charge in [0.15, 0.2) is 0 Å². The number of rotatable bonds is 5. The van der Waals surface area contributed by atoms with Gasteiger partial charge in [0.2, 0.25) is 0 Å². The number of para-hydroxylation sites is 1. The monoisotopic (exact) mass is 533 g/mol. The number of piperazine rings is 1. The van der Waals surface area contributed by atoms with Crippen LogP contribution in [0.5, 0.6) is 0 Å². The Morgan fingerprint density at radius 3 is 2.25 bits per heavy atom. The number of fused-ring (bicyclic) bond motifs is 1. The summed E-state index contributed by atoms with van der Waals surface area (Å²) in [5.74, 6) is 0. The molecule has 0 unspecified atom stereocenters. The van der Waals surface area contributed by atoms with Gasteiger partial charge in [0.1, 0.15) is 4.90 Å². The smallest absolute Gasteiger partial charge is 0.369 e. The van der Waals surface area contributed by atoms with Crippen molar-refractivity contribution in [2.24, 2.45) is 0 Å². The van der Waals surface area contributed by atoms with E-state index in [4.69, 9.17) is 11.6 Å². The molecule has 0 bridgehead atoms. The lowest BCUT2D eigenvalue weighted by Gasteiger charge is -2.36. The van der Waals surface area contributed by atoms with Crippen LogP contribution in [-0.2, 0) is 22.7 Å². The van der Waals surface area contributed by atoms with Gasteiger partial charge in [-0.1, -0.05) is 48.0 Å². The zero-order valence-corrected chi connectivity index (χ0v) is 20.7. The van der Waals surface area contributed by atoms with Crippen molar-refractivity contribution < 1.29 is 21.6 Å². The van der Waals surface area contributed by atoms with Crippen LogP contribution in [0.1, 0.15) is 11.3 Å². The molecule has 1 aliphatic heterocycles. The first-order chi connectivity index (χ1) is 17.1. The summed E-state index contributed by atoms with van der Waals surface area (Å²) in [7, 11) is -3.97. The van der Waals surface area contributed by atoms with E-state index in [0.29, 0.717) is 49.6 Å². The van der Waals surface area contributed by atoms with Crippen LogP contribution in [0.25, 0.3) is 10.9 Å². The van der Waals surface area contributed by atoms with E-state index < -0.39 is 21.8 Å². The molecule has 0 radical (unpaired) electrons. The fourth-order valence-electron chi connectivity index (χ4n) is 4.61. The third-order valence-electron chi connectivity index (χ3n) is 6.39. The average molecular weight is 534 g/mol. The highest BCUT2D eigenvalue weighted by molar-refractivity contribution is 7.90. The second-order valence-electron chi connectivity index (χ2n) is 8.71. The molecule has 0 atom stereocenters. The molecule has 188 valence electrons. The fourth-order valence-corrected chi connectivity index (χ4v) is 6.64. The summed E-state index contributed by atoms with van der Waals surface area (Å²) in [6.45, 7) is 2.57. The second kappa shape index (κ2) is 9.46. The van der Waals surface area contributed by atoms with Gasteiger partial charge in [-0.25, -0.2) is 12.4 Å². The maximum absolute atomic E-state index is 13.7. The molecular weight excluding hydrogens is 511 g/mol. The van der Waals surface area contributed by atoms with Crippen LogP contribution < -0.4 is 4.90 Å². The van der Waals surface area contributed by atoms with Gasteiger partial charge >= 0.3 is 6.18 Å². The number of alkyl halides is 3. The summed E-state index contributed by atoms with van der Waals surface area (Å²) < 4.78 is 68.1. The van der Waals surface area contributed by atoms with E-state index in [1.54, 1.807) is 36.4 Å². The summed E-state index contributed by atoms with van der Waals surface area (Å²) in [5.41, 5.74) is 1.02. The Morgan fingerprint density at radius 2 is 1.53 bits per heavy atom. The Hall–Kier alpha value is -3.01. The van der Waals surface area contributed by atoms with Crippen LogP contribution in [0.4, 0.5) is 18.9 Å². The third kappa shape index (κ3) is 4.70. The second-order valence-corrected chi connectivity index (χ2v) is 10.9. The number of hydrogen-bond donors (Lipinski definition) is 0. The van der Waals surface area contributed by atoms with Gasteiger partial charge in [0.05, 0.1) is 16.1 Å². The molecule has 36 heavy (non-hydrogen) atoms. The van der Waals surface area contributed by atoms with Crippen molar-refractivity contribution in [3.8, 4) is 0 Å². The molecule has 2 heterocycles. The van der Waals surface area contributed by atoms with E-state index in [0.717, 1.165) is 11.5 Å². The van der Waals surface area contributed by atoms with E-state index in [1.807, 2.05) is 23.1 Å². The lowest BCUT2D eigenvalue weighted by molar-refractivity contribution is -0.137. The summed E-state index contributed by atoms with van der Waals surface area (Å²) in [6, 6.07) is 20.8. The van der Waals surface area contributed by atoms with E-state index >= 15 is 0 Å². The zero-order chi connectivity index (χ0) is 25.5. The summed E-state index contributed by atoms with van der Waals surface area (Å²) in [6.07, 6.45) is -4.39. The lowest BCUT2D eigenvalue weighted by Crippen LogP contribution is -2.46. The van der Waals surface area contributed by atoms with Crippen LogP contribution in [0, 0.1) is 0 Å². The molecule has 0 amide bonds. The number of anilines is 1. The molecule has 0 N–H and O–H groups in total. The third-order valence-corrected chi connectivity index (χ3v) is 8.66. The van der Waals surface area contributed by atoms with Gasteiger partial charge in [0.25, 0.3) is 10.0 Å². The molecule has 0 saturated carbocycles. The molecule has 5 nitrogen and oxygen atoms in total. The molecule has 0 spiro atoms. The van der Waals surface area contributed by atoms with Gasteiger partial charge < -0.3 is 4.90 Å². The average Bonchev–Trinajstić information content (AvgIpc) is 3.23. The Bertz CT molecular complexity index is 1510. The number of aromatic nitrogens is 1. The van der Waals surface area contributed by atoms with Crippen LogP contribution in [0.2, 0.25) is 5.02 Å². The molecule has 3 aromatic carbocycles. The first kappa shape index (κ1) is 24.7. The predicted octanol–water partition coefficient (Wildman–Crippen LogP) is 5.87. The molecular formula is C26H23ClF3N3O2S. The van der Waals surface area contributed by atoms with Crippen molar-refractivity contribution in [3.63, 3.8) is 0 Å². The quantitative estimate of drug-likeness (QED) is 0.322. The molecule has 4 aromatic rings. The number of hydrogen-bond acceptors (Lipinski definition) is 4. The predicted molar refractivity (Wildman–Crippen MR) is 135 cm³/mol. The van der Waals surface area contributed by atoms with Crippen LogP contribution in [-0.4, -0.2) is 43.5 Å². The highest BCUT2D eigenvalue weighted by Gasteiger charge is 2.31. The van der Waals surface area contributed by atoms with Crippen LogP contribution >= 0.6 is 11.6 Å². The first-order valence-electron chi connectivity index (χ1n) is 11.4. The summed E-state index contributed by atoms with van der Waals surface area (Å²) >= 11 is 6.26. The molecule has 1 aromatic heterocycles. The molecule has 1 fully saturated rings. The van der Waals surface area contributed by atoms with Crippen LogP contribution in [0.3, 0.4) is 0 Å². The zero-order valence-electron chi connectivity index (χ0n) is 19.1. The normalized spacial score (nSPS) is 15.5. The van der Waals surface area contributed by atoms with Crippen molar-refractivity contribution in [2.75, 3.05) is 31.1 Å². The van der Waals surface area contributed by atoms with Crippen molar-refractivity contribution in [3.05, 3.63) is 95.1 Å². The Balaban J connectivity index is 1.40. The van der Waals surface area contributed by atoms with Gasteiger partial charge in [0, 0.05) is 49.5 Å². The molecule has 1 saturated heterocycles. The molecule has 0 aliphatic carbocycles. The Labute approximate surface area is 212 Å². The van der Waals surface area contributed by atoms with Crippen molar-refractivity contribution >= 4 is 38.2 Å². The number of benzene rings is 3. The molecule has 10 heteroatoms. The highest BCUT2D eigenvalue weighted by atomic mass is 35.5. The van der Waals surface area contributed by atoms with E-state index in [1.165, 1.54) is 22.2 Å². The standard InChI is InChI=1S/C26H23ClF3N3O2S/c27-23-9-2-4-11-25(23)36(34,35)33-22(16-19-6-1-3-10-24(19)33)18-31-12-14-32(15-13-31)21-8-5-7-20(17-21)26(28,29)30/h1-11,16-17H,12-15,18H2. The van der Waals surface area contributed by atoms with Crippen molar-refractivity contribution in [2.45, 2.75) is 17.6 Å². The minimum absolute atomic E-state index is 0.0311. The van der Waals surface area contributed by atoms with Crippen LogP contribution in [0.15, 0.2) is 83.8 Å². The van der Waals surface area contributed by atoms with E-state index in [2.05, 4.69) is 4.90 Å². The van der Waals surface area contributed by atoms with Gasteiger partial charge in [-0.05, 0) is 42.5 Å². The highest BCUT2D eigenvalue weighted by Crippen LogP contribution is 2.33. The number of nitrogens with zero attached hydrogens (tertiary/aromatic N) is 3. The first-order valence-corrected chi connectivity index (χ1v) is 13.2. The van der Waals surface area contributed by atoms with Crippen molar-refractivity contribution in [1.29, 1.82) is 0 Å². The van der Waals surface area contributed by atoms with E-state index in [-0.39, 0.29) is 9.92 Å². The Kier molecular flexibility index (Phi) is 6.48. The lowest BCUT2D eigenvalue weighted by atomic mass is 10.1. The minimum Gasteiger partial charge on any atom is -0.369 e. The maximum atomic E-state index is 13.7. The number of halogens is 4. The largest absolute Gasteiger partial charge is 0.416 e. The van der Waals surface area contributed by atoms with Gasteiger partial charge in [-0.2, -0.15) is 13.2 Å². The van der Waals surface area contributed by atoms with Crippen molar-refractivity contribution in [1.82, 2.24) is 8.87 Å². The van der Waals surface area contributed by atoms with Gasteiger partial charge in [-0.3, -0.25) is 4.90 Å². The summed E-state index contributed by atoms with van der Waals surface area (Å²) in [5, 5.41) is 0.946. The van der Waals surface area contributed by atoms with E-state index in [9.17, 15) is 21.6 Å². The molecule has 5 rings (SSSR count). The SMILES string of the molecule is O=S(=O)(c1ccccc1Cl)n1c(CN2CCN(c3cccc(C(F)(F)F)c3)CC2)cc2ccccc21. The summed E-state index contributed by atoms with van der Waals surface area (Å²) in [4.78, 5) is 4.06. The topological polar surface area (TPSA) is 45.6 Å². The maximum Gasteiger partial charge on any atom is 0.416 e. The molecule has 1 aliphatic rings. The minimum atomic E-state index is -4.39. The Morgan fingerprint density at radius 1 is 0.833 bits per heavy atom. The van der Waals surface area contributed by atoms with Gasteiger partial charge in [-0.15, -0.1) is 0 Å².